The maximum atomic E-state index is 5.78. The first kappa shape index (κ1) is 14.0. The number of imidazole rings is 1. The molecule has 20 heavy (non-hydrogen) atoms. The highest BCUT2D eigenvalue weighted by Crippen LogP contribution is 2.22. The molecule has 2 aromatic heterocycles. The lowest BCUT2D eigenvalue weighted by atomic mass is 10.3. The minimum atomic E-state index is -0.448. The van der Waals surface area contributed by atoms with E-state index < -0.39 is 5.79 Å². The Balaban J connectivity index is 1.61. The lowest BCUT2D eigenvalue weighted by molar-refractivity contribution is -0.137. The molecule has 0 spiro atoms. The summed E-state index contributed by atoms with van der Waals surface area (Å²) in [4.78, 5) is 6.94. The quantitative estimate of drug-likeness (QED) is 0.940. The Morgan fingerprint density at radius 2 is 2.30 bits per heavy atom. The average Bonchev–Trinajstić information content (AvgIpc) is 2.95. The largest absolute Gasteiger partial charge is 0.348 e. The molecule has 2 aromatic rings. The van der Waals surface area contributed by atoms with E-state index in [4.69, 9.17) is 9.47 Å². The highest BCUT2D eigenvalue weighted by molar-refractivity contribution is 7.17. The van der Waals surface area contributed by atoms with Crippen molar-refractivity contribution in [2.45, 2.75) is 46.1 Å². The Labute approximate surface area is 122 Å². The second-order valence-electron chi connectivity index (χ2n) is 5.72. The molecule has 110 valence electrons. The zero-order valence-corrected chi connectivity index (χ0v) is 13.2. The molecular formula is C14H21N3O2S. The van der Waals surface area contributed by atoms with Crippen LogP contribution in [0.15, 0.2) is 6.20 Å². The standard InChI is InChI=1S/C14H21N3O2S/c1-9-7-17-12(10(2)16-13(17)20-9)6-15-5-11-8-18-14(3,4)19-11/h7,11,15H,5-6,8H2,1-4H3. The monoisotopic (exact) mass is 295 g/mol. The van der Waals surface area contributed by atoms with Gasteiger partial charge < -0.3 is 14.8 Å². The van der Waals surface area contributed by atoms with Gasteiger partial charge in [0.05, 0.1) is 24.1 Å². The number of thiazole rings is 1. The van der Waals surface area contributed by atoms with Crippen molar-refractivity contribution in [3.8, 4) is 0 Å². The SMILES string of the molecule is Cc1cn2c(CNCC3COC(C)(C)O3)c(C)nc2s1. The molecule has 1 aliphatic rings. The van der Waals surface area contributed by atoms with Crippen molar-refractivity contribution in [3.63, 3.8) is 0 Å². The molecular weight excluding hydrogens is 274 g/mol. The predicted octanol–water partition coefficient (Wildman–Crippen LogP) is 2.25. The summed E-state index contributed by atoms with van der Waals surface area (Å²) in [7, 11) is 0. The van der Waals surface area contributed by atoms with Crippen LogP contribution in [0.25, 0.3) is 4.96 Å². The molecule has 3 rings (SSSR count). The number of aryl methyl sites for hydroxylation is 2. The summed E-state index contributed by atoms with van der Waals surface area (Å²) in [6.45, 7) is 10.3. The number of aromatic nitrogens is 2. The van der Waals surface area contributed by atoms with Crippen LogP contribution in [-0.4, -0.2) is 34.4 Å². The van der Waals surface area contributed by atoms with Gasteiger partial charge in [0.15, 0.2) is 10.7 Å². The summed E-state index contributed by atoms with van der Waals surface area (Å²) in [5, 5.41) is 3.45. The van der Waals surface area contributed by atoms with Gasteiger partial charge in [-0.05, 0) is 27.7 Å². The maximum absolute atomic E-state index is 5.78. The van der Waals surface area contributed by atoms with E-state index in [0.29, 0.717) is 6.61 Å². The summed E-state index contributed by atoms with van der Waals surface area (Å²) >= 11 is 1.73. The van der Waals surface area contributed by atoms with Gasteiger partial charge in [0.2, 0.25) is 0 Å². The van der Waals surface area contributed by atoms with E-state index >= 15 is 0 Å². The van der Waals surface area contributed by atoms with E-state index in [1.165, 1.54) is 10.6 Å². The smallest absolute Gasteiger partial charge is 0.194 e. The van der Waals surface area contributed by atoms with Crippen LogP contribution in [0, 0.1) is 13.8 Å². The highest BCUT2D eigenvalue weighted by Gasteiger charge is 2.32. The van der Waals surface area contributed by atoms with Gasteiger partial charge in [-0.15, -0.1) is 11.3 Å². The first-order valence-corrected chi connectivity index (χ1v) is 7.73. The average molecular weight is 295 g/mol. The number of nitrogens with one attached hydrogen (secondary N) is 1. The highest BCUT2D eigenvalue weighted by atomic mass is 32.1. The lowest BCUT2D eigenvalue weighted by Gasteiger charge is -2.17. The van der Waals surface area contributed by atoms with Gasteiger partial charge in [-0.2, -0.15) is 0 Å². The Bertz CT molecular complexity index is 617. The second-order valence-corrected chi connectivity index (χ2v) is 6.93. The molecule has 0 aromatic carbocycles. The third kappa shape index (κ3) is 2.74. The predicted molar refractivity (Wildman–Crippen MR) is 79.2 cm³/mol. The summed E-state index contributed by atoms with van der Waals surface area (Å²) < 4.78 is 13.5. The van der Waals surface area contributed by atoms with Crippen molar-refractivity contribution < 1.29 is 9.47 Å². The molecule has 3 heterocycles. The number of hydrogen-bond donors (Lipinski definition) is 1. The zero-order valence-electron chi connectivity index (χ0n) is 12.4. The van der Waals surface area contributed by atoms with Gasteiger partial charge in [0, 0.05) is 24.2 Å². The molecule has 0 saturated carbocycles. The number of nitrogens with zero attached hydrogens (tertiary/aromatic N) is 2. The molecule has 5 nitrogen and oxygen atoms in total. The molecule has 0 aliphatic carbocycles. The third-order valence-corrected chi connectivity index (χ3v) is 4.37. The van der Waals surface area contributed by atoms with Crippen molar-refractivity contribution in [1.29, 1.82) is 0 Å². The Morgan fingerprint density at radius 1 is 1.50 bits per heavy atom. The maximum Gasteiger partial charge on any atom is 0.194 e. The van der Waals surface area contributed by atoms with Gasteiger partial charge in [-0.3, -0.25) is 4.40 Å². The van der Waals surface area contributed by atoms with Crippen LogP contribution in [0.5, 0.6) is 0 Å². The molecule has 6 heteroatoms. The number of rotatable bonds is 4. The van der Waals surface area contributed by atoms with Crippen molar-refractivity contribution >= 4 is 16.3 Å². The van der Waals surface area contributed by atoms with E-state index in [-0.39, 0.29) is 6.10 Å². The Hall–Kier alpha value is -0.950. The van der Waals surface area contributed by atoms with E-state index in [0.717, 1.165) is 23.7 Å². The summed E-state index contributed by atoms with van der Waals surface area (Å²) in [5.74, 6) is -0.448. The number of hydrogen-bond acceptors (Lipinski definition) is 5. The van der Waals surface area contributed by atoms with Crippen LogP contribution >= 0.6 is 11.3 Å². The van der Waals surface area contributed by atoms with Crippen LogP contribution in [0.2, 0.25) is 0 Å². The molecule has 1 atom stereocenters. The van der Waals surface area contributed by atoms with Crippen molar-refractivity contribution in [1.82, 2.24) is 14.7 Å². The first-order valence-electron chi connectivity index (χ1n) is 6.91. The fourth-order valence-electron chi connectivity index (χ4n) is 2.54. The summed E-state index contributed by atoms with van der Waals surface area (Å²) in [6.07, 6.45) is 2.27. The molecule has 1 unspecified atom stereocenters. The van der Waals surface area contributed by atoms with Crippen molar-refractivity contribution in [2.24, 2.45) is 0 Å². The van der Waals surface area contributed by atoms with Gasteiger partial charge in [-0.25, -0.2) is 4.98 Å². The van der Waals surface area contributed by atoms with Crippen molar-refractivity contribution in [2.75, 3.05) is 13.2 Å². The lowest BCUT2D eigenvalue weighted by Crippen LogP contribution is -2.30. The van der Waals surface area contributed by atoms with E-state index in [2.05, 4.69) is 34.7 Å². The van der Waals surface area contributed by atoms with E-state index in [1.54, 1.807) is 11.3 Å². The first-order chi connectivity index (χ1) is 9.44. The molecule has 1 saturated heterocycles. The molecule has 0 radical (unpaired) electrons. The van der Waals surface area contributed by atoms with Gasteiger partial charge in [-0.1, -0.05) is 0 Å². The minimum Gasteiger partial charge on any atom is -0.348 e. The fourth-order valence-corrected chi connectivity index (χ4v) is 3.43. The van der Waals surface area contributed by atoms with Crippen molar-refractivity contribution in [3.05, 3.63) is 22.5 Å². The van der Waals surface area contributed by atoms with Gasteiger partial charge >= 0.3 is 0 Å². The Kier molecular flexibility index (Phi) is 3.58. The summed E-state index contributed by atoms with van der Waals surface area (Å²) in [5.41, 5.74) is 2.31. The van der Waals surface area contributed by atoms with Crippen LogP contribution < -0.4 is 5.32 Å². The third-order valence-electron chi connectivity index (χ3n) is 3.47. The van der Waals surface area contributed by atoms with Gasteiger partial charge in [0.1, 0.15) is 0 Å². The topological polar surface area (TPSA) is 47.8 Å². The molecule has 1 N–H and O–H groups in total. The second kappa shape index (κ2) is 5.11. The van der Waals surface area contributed by atoms with Crippen LogP contribution in [-0.2, 0) is 16.0 Å². The molecule has 1 fully saturated rings. The molecule has 0 bridgehead atoms. The normalized spacial score (nSPS) is 21.9. The molecule has 0 amide bonds. The van der Waals surface area contributed by atoms with Crippen LogP contribution in [0.1, 0.15) is 30.1 Å². The van der Waals surface area contributed by atoms with Crippen LogP contribution in [0.3, 0.4) is 0 Å². The van der Waals surface area contributed by atoms with E-state index in [1.807, 2.05) is 13.8 Å². The number of ether oxygens (including phenoxy) is 2. The zero-order chi connectivity index (χ0) is 14.3. The molecule has 1 aliphatic heterocycles. The van der Waals surface area contributed by atoms with Gasteiger partial charge in [0.25, 0.3) is 0 Å². The summed E-state index contributed by atoms with van der Waals surface area (Å²) in [6, 6.07) is 0. The Morgan fingerprint density at radius 3 is 3.00 bits per heavy atom. The fraction of sp³-hybridized carbons (Fsp3) is 0.643. The van der Waals surface area contributed by atoms with E-state index in [9.17, 15) is 0 Å². The minimum absolute atomic E-state index is 0.123. The van der Waals surface area contributed by atoms with Crippen LogP contribution in [0.4, 0.5) is 0 Å². The number of fused-ring (bicyclic) bond motifs is 1.